The molecule has 1 aromatic carbocycles. The number of hydrogen-bond donors (Lipinski definition) is 1. The molecule has 5 heteroatoms. The van der Waals surface area contributed by atoms with Crippen molar-refractivity contribution in [1.29, 1.82) is 0 Å². The Morgan fingerprint density at radius 3 is 3.04 bits per heavy atom. The van der Waals surface area contributed by atoms with Gasteiger partial charge < -0.3 is 9.67 Å². The Morgan fingerprint density at radius 1 is 1.21 bits per heavy atom. The van der Waals surface area contributed by atoms with E-state index in [0.717, 1.165) is 36.8 Å². The maximum atomic E-state index is 9.71. The number of hydrogen-bond acceptors (Lipinski definition) is 3. The lowest BCUT2D eigenvalue weighted by molar-refractivity contribution is 0.194. The number of rotatable bonds is 3. The molecule has 1 fully saturated rings. The zero-order chi connectivity index (χ0) is 16.5. The van der Waals surface area contributed by atoms with Crippen LogP contribution in [0, 0.1) is 0 Å². The highest BCUT2D eigenvalue weighted by atomic mass is 35.5. The van der Waals surface area contributed by atoms with Gasteiger partial charge in [0.25, 0.3) is 0 Å². The molecule has 0 amide bonds. The van der Waals surface area contributed by atoms with E-state index in [1.165, 1.54) is 43.6 Å². The third kappa shape index (κ3) is 3.17. The molecule has 1 saturated heterocycles. The minimum absolute atomic E-state index is 0.283. The van der Waals surface area contributed by atoms with Crippen LogP contribution in [0.1, 0.15) is 48.7 Å². The molecule has 4 rings (SSSR count). The van der Waals surface area contributed by atoms with Crippen LogP contribution in [0.5, 0.6) is 5.75 Å². The number of aromatic hydroxyl groups is 1. The number of aryl methyl sites for hydroxylation is 1. The average Bonchev–Trinajstić information content (AvgIpc) is 3.03. The van der Waals surface area contributed by atoms with Gasteiger partial charge in [-0.05, 0) is 62.4 Å². The van der Waals surface area contributed by atoms with E-state index < -0.39 is 0 Å². The molecule has 2 aliphatic heterocycles. The standard InChI is InChI=1S/C19H24ClN3O/c20-18-7-6-17(24)10-15(18)13-22-8-3-4-14(12-22)19-21-11-16-5-1-2-9-23(16)19/h6-7,10-11,14,24H,1-5,8-9,12-13H2. The van der Waals surface area contributed by atoms with Crippen LogP contribution >= 0.6 is 11.6 Å². The maximum Gasteiger partial charge on any atom is 0.116 e. The molecular weight excluding hydrogens is 322 g/mol. The quantitative estimate of drug-likeness (QED) is 0.915. The molecule has 0 radical (unpaired) electrons. The molecule has 2 aromatic rings. The molecule has 1 aromatic heterocycles. The van der Waals surface area contributed by atoms with E-state index in [-0.39, 0.29) is 5.75 Å². The van der Waals surface area contributed by atoms with Crippen LogP contribution in [-0.2, 0) is 19.5 Å². The third-order valence-electron chi connectivity index (χ3n) is 5.33. The van der Waals surface area contributed by atoms with Gasteiger partial charge in [0.2, 0.25) is 0 Å². The van der Waals surface area contributed by atoms with Gasteiger partial charge >= 0.3 is 0 Å². The number of phenols is 1. The van der Waals surface area contributed by atoms with E-state index in [0.29, 0.717) is 5.92 Å². The predicted octanol–water partition coefficient (Wildman–Crippen LogP) is 3.96. The van der Waals surface area contributed by atoms with Gasteiger partial charge in [0.05, 0.1) is 0 Å². The summed E-state index contributed by atoms with van der Waals surface area (Å²) in [4.78, 5) is 7.21. The number of likely N-dealkylation sites (tertiary alicyclic amines) is 1. The molecule has 1 atom stereocenters. The van der Waals surface area contributed by atoms with Gasteiger partial charge in [0, 0.05) is 42.5 Å². The summed E-state index contributed by atoms with van der Waals surface area (Å²) in [6.45, 7) is 4.01. The SMILES string of the molecule is Oc1ccc(Cl)c(CN2CCCC(c3ncc4n3CCCC4)C2)c1. The topological polar surface area (TPSA) is 41.3 Å². The lowest BCUT2D eigenvalue weighted by Gasteiger charge is -2.33. The first kappa shape index (κ1) is 16.0. The summed E-state index contributed by atoms with van der Waals surface area (Å²) in [5, 5.41) is 10.4. The fourth-order valence-electron chi connectivity index (χ4n) is 4.12. The summed E-state index contributed by atoms with van der Waals surface area (Å²) in [6, 6.07) is 5.20. The Bertz CT molecular complexity index is 727. The average molecular weight is 346 g/mol. The van der Waals surface area contributed by atoms with Gasteiger partial charge in [-0.25, -0.2) is 4.98 Å². The molecule has 3 heterocycles. The molecule has 0 bridgehead atoms. The van der Waals surface area contributed by atoms with Crippen molar-refractivity contribution < 1.29 is 5.11 Å². The number of aromatic nitrogens is 2. The number of imidazole rings is 1. The highest BCUT2D eigenvalue weighted by Gasteiger charge is 2.27. The fraction of sp³-hybridized carbons (Fsp3) is 0.526. The molecule has 128 valence electrons. The number of benzene rings is 1. The van der Waals surface area contributed by atoms with Crippen molar-refractivity contribution in [2.24, 2.45) is 0 Å². The lowest BCUT2D eigenvalue weighted by atomic mass is 9.96. The first-order chi connectivity index (χ1) is 11.7. The van der Waals surface area contributed by atoms with Crippen molar-refractivity contribution in [2.45, 2.75) is 51.1 Å². The summed E-state index contributed by atoms with van der Waals surface area (Å²) in [6.07, 6.45) is 8.20. The normalized spacial score (nSPS) is 21.6. The molecular formula is C19H24ClN3O. The molecule has 0 saturated carbocycles. The largest absolute Gasteiger partial charge is 0.508 e. The maximum absolute atomic E-state index is 9.71. The van der Waals surface area contributed by atoms with Crippen LogP contribution in [0.3, 0.4) is 0 Å². The van der Waals surface area contributed by atoms with Crippen molar-refractivity contribution in [1.82, 2.24) is 14.5 Å². The van der Waals surface area contributed by atoms with E-state index in [4.69, 9.17) is 16.6 Å². The Kier molecular flexibility index (Phi) is 4.51. The van der Waals surface area contributed by atoms with Crippen molar-refractivity contribution in [2.75, 3.05) is 13.1 Å². The van der Waals surface area contributed by atoms with E-state index in [9.17, 15) is 5.11 Å². The first-order valence-corrected chi connectivity index (χ1v) is 9.32. The van der Waals surface area contributed by atoms with E-state index in [1.807, 2.05) is 0 Å². The number of piperidine rings is 1. The zero-order valence-electron chi connectivity index (χ0n) is 13.9. The number of nitrogens with zero attached hydrogens (tertiary/aromatic N) is 3. The number of fused-ring (bicyclic) bond motifs is 1. The minimum atomic E-state index is 0.283. The van der Waals surface area contributed by atoms with Crippen molar-refractivity contribution in [3.05, 3.63) is 46.5 Å². The Balaban J connectivity index is 1.50. The lowest BCUT2D eigenvalue weighted by Crippen LogP contribution is -2.35. The van der Waals surface area contributed by atoms with Crippen molar-refractivity contribution >= 4 is 11.6 Å². The first-order valence-electron chi connectivity index (χ1n) is 8.95. The third-order valence-corrected chi connectivity index (χ3v) is 5.70. The summed E-state index contributed by atoms with van der Waals surface area (Å²) in [5.41, 5.74) is 2.41. The minimum Gasteiger partial charge on any atom is -0.508 e. The molecule has 4 nitrogen and oxygen atoms in total. The van der Waals surface area contributed by atoms with Crippen LogP contribution in [-0.4, -0.2) is 32.6 Å². The molecule has 0 aliphatic carbocycles. The monoisotopic (exact) mass is 345 g/mol. The van der Waals surface area contributed by atoms with Gasteiger partial charge in [0.15, 0.2) is 0 Å². The molecule has 1 N–H and O–H groups in total. The Hall–Kier alpha value is -1.52. The summed E-state index contributed by atoms with van der Waals surface area (Å²) in [7, 11) is 0. The fourth-order valence-corrected chi connectivity index (χ4v) is 4.30. The number of halogens is 1. The van der Waals surface area contributed by atoms with E-state index in [1.54, 1.807) is 18.2 Å². The van der Waals surface area contributed by atoms with E-state index in [2.05, 4.69) is 15.7 Å². The van der Waals surface area contributed by atoms with Crippen molar-refractivity contribution in [3.8, 4) is 5.75 Å². The predicted molar refractivity (Wildman–Crippen MR) is 95.5 cm³/mol. The molecule has 24 heavy (non-hydrogen) atoms. The van der Waals surface area contributed by atoms with Crippen LogP contribution in [0.2, 0.25) is 5.02 Å². The second kappa shape index (κ2) is 6.77. The van der Waals surface area contributed by atoms with Crippen LogP contribution in [0.4, 0.5) is 0 Å². The summed E-state index contributed by atoms with van der Waals surface area (Å²) >= 11 is 6.29. The van der Waals surface area contributed by atoms with Crippen LogP contribution < -0.4 is 0 Å². The Labute approximate surface area is 148 Å². The highest BCUT2D eigenvalue weighted by molar-refractivity contribution is 6.31. The second-order valence-corrected chi connectivity index (χ2v) is 7.47. The zero-order valence-corrected chi connectivity index (χ0v) is 14.7. The van der Waals surface area contributed by atoms with Crippen LogP contribution in [0.25, 0.3) is 0 Å². The van der Waals surface area contributed by atoms with Crippen molar-refractivity contribution in [3.63, 3.8) is 0 Å². The van der Waals surface area contributed by atoms with Gasteiger partial charge in [-0.2, -0.15) is 0 Å². The smallest absolute Gasteiger partial charge is 0.116 e. The van der Waals surface area contributed by atoms with E-state index >= 15 is 0 Å². The van der Waals surface area contributed by atoms with Crippen LogP contribution in [0.15, 0.2) is 24.4 Å². The van der Waals surface area contributed by atoms with Gasteiger partial charge in [-0.15, -0.1) is 0 Å². The summed E-state index contributed by atoms with van der Waals surface area (Å²) in [5.74, 6) is 2.06. The second-order valence-electron chi connectivity index (χ2n) is 7.07. The van der Waals surface area contributed by atoms with Gasteiger partial charge in [-0.3, -0.25) is 4.90 Å². The number of phenolic OH excluding ortho intramolecular Hbond substituents is 1. The highest BCUT2D eigenvalue weighted by Crippen LogP contribution is 2.31. The summed E-state index contributed by atoms with van der Waals surface area (Å²) < 4.78 is 2.46. The molecule has 1 unspecified atom stereocenters. The molecule has 0 spiro atoms. The van der Waals surface area contributed by atoms with Gasteiger partial charge in [0.1, 0.15) is 11.6 Å². The van der Waals surface area contributed by atoms with Gasteiger partial charge in [-0.1, -0.05) is 11.6 Å². The molecule has 2 aliphatic rings. The Morgan fingerprint density at radius 2 is 2.12 bits per heavy atom.